The van der Waals surface area contributed by atoms with E-state index in [9.17, 15) is 14.7 Å². The predicted octanol–water partition coefficient (Wildman–Crippen LogP) is 1.46. The molecule has 0 aromatic rings. The number of methoxy groups -OCH3 is 1. The Morgan fingerprint density at radius 1 is 1.19 bits per heavy atom. The molecule has 3 rings (SSSR count). The minimum atomic E-state index is -0.878. The lowest BCUT2D eigenvalue weighted by molar-refractivity contribution is -0.159. The highest BCUT2D eigenvalue weighted by Crippen LogP contribution is 2.43. The minimum Gasteiger partial charge on any atom is -0.481 e. The number of allylic oxidation sites excluding steroid dienone is 2. The van der Waals surface area contributed by atoms with Gasteiger partial charge in [-0.15, -0.1) is 0 Å². The van der Waals surface area contributed by atoms with Crippen LogP contribution in [0.5, 0.6) is 0 Å². The van der Waals surface area contributed by atoms with Crippen LogP contribution in [0.4, 0.5) is 0 Å². The van der Waals surface area contributed by atoms with Crippen LogP contribution >= 0.6 is 0 Å². The number of rotatable bonds is 2. The summed E-state index contributed by atoms with van der Waals surface area (Å²) in [6.45, 7) is 0. The lowest BCUT2D eigenvalue weighted by Crippen LogP contribution is -2.40. The van der Waals surface area contributed by atoms with Gasteiger partial charge in [0.1, 0.15) is 0 Å². The molecular formula is C12H16O4. The molecule has 0 spiro atoms. The smallest absolute Gasteiger partial charge is 0.310 e. The van der Waals surface area contributed by atoms with Crippen LogP contribution in [-0.2, 0) is 14.3 Å². The highest BCUT2D eigenvalue weighted by molar-refractivity contribution is 5.82. The number of aliphatic carboxylic acids is 1. The number of fused-ring (bicyclic) bond motifs is 3. The van der Waals surface area contributed by atoms with E-state index in [1.54, 1.807) is 0 Å². The summed E-state index contributed by atoms with van der Waals surface area (Å²) in [7, 11) is 1.32. The first kappa shape index (κ1) is 11.2. The zero-order chi connectivity index (χ0) is 11.7. The Labute approximate surface area is 94.3 Å². The molecule has 0 aromatic carbocycles. The largest absolute Gasteiger partial charge is 0.481 e. The van der Waals surface area contributed by atoms with Crippen LogP contribution in [0, 0.1) is 23.7 Å². The van der Waals surface area contributed by atoms with Gasteiger partial charge in [0.05, 0.1) is 18.9 Å². The number of esters is 1. The van der Waals surface area contributed by atoms with Crippen molar-refractivity contribution in [3.05, 3.63) is 12.2 Å². The normalized spacial score (nSPS) is 36.8. The fourth-order valence-corrected chi connectivity index (χ4v) is 2.99. The molecule has 1 N–H and O–H groups in total. The lowest BCUT2D eigenvalue weighted by Gasteiger charge is -2.32. The molecule has 0 radical (unpaired) electrons. The van der Waals surface area contributed by atoms with Crippen molar-refractivity contribution in [2.24, 2.45) is 23.7 Å². The van der Waals surface area contributed by atoms with Crippen molar-refractivity contribution in [2.75, 3.05) is 7.11 Å². The first-order chi connectivity index (χ1) is 7.65. The maximum absolute atomic E-state index is 11.7. The summed E-state index contributed by atoms with van der Waals surface area (Å²) in [4.78, 5) is 23.0. The standard InChI is InChI=1S/C12H16O4/c1-16-12(15)10-8-4-2-3-7(5-6-8)9(10)11(13)14/h5-10H,2-4H2,1H3,(H,13,14)/t7?,8?,9?,10-/m0/s1. The first-order valence-electron chi connectivity index (χ1n) is 5.64. The van der Waals surface area contributed by atoms with Gasteiger partial charge >= 0.3 is 11.9 Å². The van der Waals surface area contributed by atoms with E-state index in [1.165, 1.54) is 7.11 Å². The topological polar surface area (TPSA) is 63.6 Å². The second-order valence-corrected chi connectivity index (χ2v) is 4.56. The van der Waals surface area contributed by atoms with Crippen LogP contribution in [0.25, 0.3) is 0 Å². The van der Waals surface area contributed by atoms with Gasteiger partial charge < -0.3 is 9.84 Å². The molecular weight excluding hydrogens is 208 g/mol. The summed E-state index contributed by atoms with van der Waals surface area (Å²) in [5, 5.41) is 9.26. The Balaban J connectivity index is 2.35. The summed E-state index contributed by atoms with van der Waals surface area (Å²) in [6, 6.07) is 0. The van der Waals surface area contributed by atoms with E-state index in [1.807, 2.05) is 12.2 Å². The third-order valence-electron chi connectivity index (χ3n) is 3.75. The number of carbonyl (C=O) groups excluding carboxylic acids is 1. The Bertz CT molecular complexity index is 334. The van der Waals surface area contributed by atoms with Crippen LogP contribution in [0.2, 0.25) is 0 Å². The molecule has 0 aliphatic heterocycles. The Morgan fingerprint density at radius 3 is 2.25 bits per heavy atom. The van der Waals surface area contributed by atoms with Gasteiger partial charge in [0.15, 0.2) is 0 Å². The number of hydrogen-bond acceptors (Lipinski definition) is 3. The number of ether oxygens (including phenoxy) is 1. The number of carboxylic acid groups (broad SMARTS) is 1. The van der Waals surface area contributed by atoms with Crippen LogP contribution in [0.3, 0.4) is 0 Å². The van der Waals surface area contributed by atoms with E-state index in [0.717, 1.165) is 19.3 Å². The molecule has 3 aliphatic carbocycles. The zero-order valence-electron chi connectivity index (χ0n) is 9.26. The van der Waals surface area contributed by atoms with Gasteiger partial charge in [-0.3, -0.25) is 9.59 Å². The van der Waals surface area contributed by atoms with Crippen molar-refractivity contribution in [1.82, 2.24) is 0 Å². The van der Waals surface area contributed by atoms with E-state index in [-0.39, 0.29) is 17.8 Å². The Kier molecular flexibility index (Phi) is 2.99. The molecule has 4 atom stereocenters. The third kappa shape index (κ3) is 1.72. The fraction of sp³-hybridized carbons (Fsp3) is 0.667. The molecule has 88 valence electrons. The van der Waals surface area contributed by atoms with Gasteiger partial charge in [-0.2, -0.15) is 0 Å². The predicted molar refractivity (Wildman–Crippen MR) is 56.6 cm³/mol. The van der Waals surface area contributed by atoms with Gasteiger partial charge in [-0.05, 0) is 24.7 Å². The molecule has 1 saturated carbocycles. The molecule has 0 aromatic heterocycles. The molecule has 4 nitrogen and oxygen atoms in total. The molecule has 0 saturated heterocycles. The quantitative estimate of drug-likeness (QED) is 0.569. The number of hydrogen-bond donors (Lipinski definition) is 1. The van der Waals surface area contributed by atoms with Gasteiger partial charge in [-0.25, -0.2) is 0 Å². The maximum atomic E-state index is 11.7. The third-order valence-corrected chi connectivity index (χ3v) is 3.75. The van der Waals surface area contributed by atoms with E-state index in [0.29, 0.717) is 0 Å². The van der Waals surface area contributed by atoms with Crippen LogP contribution < -0.4 is 0 Å². The van der Waals surface area contributed by atoms with Crippen molar-refractivity contribution in [2.45, 2.75) is 19.3 Å². The molecule has 1 fully saturated rings. The molecule has 16 heavy (non-hydrogen) atoms. The molecule has 3 unspecified atom stereocenters. The Morgan fingerprint density at radius 2 is 1.75 bits per heavy atom. The minimum absolute atomic E-state index is 0.0136. The van der Waals surface area contributed by atoms with Crippen molar-refractivity contribution in [3.8, 4) is 0 Å². The molecule has 3 aliphatic rings. The average molecular weight is 224 g/mol. The van der Waals surface area contributed by atoms with Crippen molar-refractivity contribution >= 4 is 11.9 Å². The van der Waals surface area contributed by atoms with E-state index >= 15 is 0 Å². The van der Waals surface area contributed by atoms with Crippen molar-refractivity contribution in [1.29, 1.82) is 0 Å². The van der Waals surface area contributed by atoms with Crippen LogP contribution in [0.1, 0.15) is 19.3 Å². The van der Waals surface area contributed by atoms with Gasteiger partial charge in [0.2, 0.25) is 0 Å². The fourth-order valence-electron chi connectivity index (χ4n) is 2.99. The summed E-state index contributed by atoms with van der Waals surface area (Å²) in [5.41, 5.74) is 0. The van der Waals surface area contributed by atoms with Crippen molar-refractivity contribution in [3.63, 3.8) is 0 Å². The van der Waals surface area contributed by atoms with E-state index in [2.05, 4.69) is 0 Å². The zero-order valence-corrected chi connectivity index (χ0v) is 9.26. The van der Waals surface area contributed by atoms with Crippen LogP contribution in [-0.4, -0.2) is 24.2 Å². The number of carbonyl (C=O) groups is 2. The summed E-state index contributed by atoms with van der Waals surface area (Å²) >= 11 is 0. The maximum Gasteiger partial charge on any atom is 0.310 e. The monoisotopic (exact) mass is 224 g/mol. The lowest BCUT2D eigenvalue weighted by atomic mass is 9.71. The van der Waals surface area contributed by atoms with Crippen LogP contribution in [0.15, 0.2) is 12.2 Å². The summed E-state index contributed by atoms with van der Waals surface area (Å²) in [6.07, 6.45) is 6.70. The second kappa shape index (κ2) is 4.28. The van der Waals surface area contributed by atoms with Gasteiger partial charge in [0, 0.05) is 0 Å². The highest BCUT2D eigenvalue weighted by Gasteiger charge is 2.46. The summed E-state index contributed by atoms with van der Waals surface area (Å²) < 4.78 is 4.74. The van der Waals surface area contributed by atoms with E-state index in [4.69, 9.17) is 4.74 Å². The second-order valence-electron chi connectivity index (χ2n) is 4.56. The van der Waals surface area contributed by atoms with Gasteiger partial charge in [-0.1, -0.05) is 18.6 Å². The average Bonchev–Trinajstić information content (AvgIpc) is 2.60. The molecule has 4 heteroatoms. The Hall–Kier alpha value is -1.32. The molecule has 0 heterocycles. The SMILES string of the molecule is COC(=O)[C@H]1C2C=CC(CCC2)C1C(=O)O. The molecule has 0 amide bonds. The molecule has 2 bridgehead atoms. The van der Waals surface area contributed by atoms with E-state index < -0.39 is 17.8 Å². The number of carboxylic acids is 1. The highest BCUT2D eigenvalue weighted by atomic mass is 16.5. The first-order valence-corrected chi connectivity index (χ1v) is 5.64. The van der Waals surface area contributed by atoms with Gasteiger partial charge in [0.25, 0.3) is 0 Å². The summed E-state index contributed by atoms with van der Waals surface area (Å²) in [5.74, 6) is -2.34. The van der Waals surface area contributed by atoms with Crippen molar-refractivity contribution < 1.29 is 19.4 Å².